The number of carbonyl (C=O) groups excluding carboxylic acids is 1. The first-order chi connectivity index (χ1) is 10.7. The average molecular weight is 319 g/mol. The number of nitrogens with zero attached hydrogens (tertiary/aromatic N) is 2. The van der Waals surface area contributed by atoms with Gasteiger partial charge < -0.3 is 9.73 Å². The molecule has 1 atom stereocenters. The van der Waals surface area contributed by atoms with Crippen molar-refractivity contribution in [3.05, 3.63) is 40.7 Å². The molecule has 0 aliphatic carbocycles. The van der Waals surface area contributed by atoms with Crippen LogP contribution < -0.4 is 5.32 Å². The molecule has 118 valence electrons. The van der Waals surface area contributed by atoms with Crippen molar-refractivity contribution in [1.82, 2.24) is 15.2 Å². The predicted molar refractivity (Wildman–Crippen MR) is 85.4 cm³/mol. The number of nitrogens with one attached hydrogen (secondary N) is 1. The van der Waals surface area contributed by atoms with Gasteiger partial charge in [-0.3, -0.25) is 9.69 Å². The summed E-state index contributed by atoms with van der Waals surface area (Å²) in [4.78, 5) is 18.9. The van der Waals surface area contributed by atoms with Gasteiger partial charge in [0.15, 0.2) is 0 Å². The Bertz CT molecular complexity index is 575. The summed E-state index contributed by atoms with van der Waals surface area (Å²) in [5.74, 6) is 1.25. The fourth-order valence-corrected chi connectivity index (χ4v) is 3.46. The number of aromatic nitrogens is 1. The normalized spacial score (nSPS) is 18.2. The van der Waals surface area contributed by atoms with Crippen molar-refractivity contribution >= 4 is 17.2 Å². The van der Waals surface area contributed by atoms with Crippen LogP contribution in [0.15, 0.2) is 34.4 Å². The molecular formula is C16H21N3O2S. The maximum absolute atomic E-state index is 12.4. The van der Waals surface area contributed by atoms with Gasteiger partial charge in [-0.15, -0.1) is 11.3 Å². The number of carbonyl (C=O) groups is 1. The van der Waals surface area contributed by atoms with E-state index in [-0.39, 0.29) is 17.9 Å². The highest BCUT2D eigenvalue weighted by molar-refractivity contribution is 7.09. The van der Waals surface area contributed by atoms with E-state index in [4.69, 9.17) is 4.42 Å². The second kappa shape index (κ2) is 7.07. The summed E-state index contributed by atoms with van der Waals surface area (Å²) in [7, 11) is 0. The summed E-state index contributed by atoms with van der Waals surface area (Å²) in [5.41, 5.74) is 0. The number of amides is 1. The molecule has 3 rings (SSSR count). The maximum Gasteiger partial charge on any atom is 0.223 e. The summed E-state index contributed by atoms with van der Waals surface area (Å²) >= 11 is 1.58. The molecule has 0 radical (unpaired) electrons. The zero-order valence-corrected chi connectivity index (χ0v) is 13.5. The van der Waals surface area contributed by atoms with Crippen LogP contribution in [0.25, 0.3) is 0 Å². The summed E-state index contributed by atoms with van der Waals surface area (Å²) < 4.78 is 5.38. The van der Waals surface area contributed by atoms with Crippen LogP contribution in [0.5, 0.6) is 0 Å². The Balaban J connectivity index is 1.45. The first-order valence-electron chi connectivity index (χ1n) is 7.67. The largest absolute Gasteiger partial charge is 0.468 e. The number of hydrogen-bond acceptors (Lipinski definition) is 5. The highest BCUT2D eigenvalue weighted by Crippen LogP contribution is 2.21. The van der Waals surface area contributed by atoms with Crippen molar-refractivity contribution in [1.29, 1.82) is 0 Å². The van der Waals surface area contributed by atoms with Gasteiger partial charge in [0.05, 0.1) is 18.8 Å². The standard InChI is InChI=1S/C16H21N3O2S/c1-12(16-17-6-10-22-16)18-15(20)13-4-7-19(8-5-13)11-14-3-2-9-21-14/h2-3,6,9-10,12-13H,4-5,7-8,11H2,1H3,(H,18,20)/t12-/m0/s1. The second-order valence-electron chi connectivity index (χ2n) is 5.73. The van der Waals surface area contributed by atoms with Crippen molar-refractivity contribution in [2.24, 2.45) is 5.92 Å². The van der Waals surface area contributed by atoms with Crippen LogP contribution in [-0.4, -0.2) is 28.9 Å². The molecule has 22 heavy (non-hydrogen) atoms. The molecule has 0 bridgehead atoms. The SMILES string of the molecule is C[C@H](NC(=O)C1CCN(Cc2ccco2)CC1)c1nccs1. The van der Waals surface area contributed by atoms with E-state index in [0.29, 0.717) is 0 Å². The molecule has 1 N–H and O–H groups in total. The molecule has 5 nitrogen and oxygen atoms in total. The first-order valence-corrected chi connectivity index (χ1v) is 8.55. The van der Waals surface area contributed by atoms with Crippen LogP contribution in [-0.2, 0) is 11.3 Å². The van der Waals surface area contributed by atoms with Crippen molar-refractivity contribution in [3.63, 3.8) is 0 Å². The van der Waals surface area contributed by atoms with Gasteiger partial charge >= 0.3 is 0 Å². The van der Waals surface area contributed by atoms with Crippen molar-refractivity contribution in [2.45, 2.75) is 32.4 Å². The van der Waals surface area contributed by atoms with Gasteiger partial charge in [-0.25, -0.2) is 4.98 Å². The lowest BCUT2D eigenvalue weighted by Gasteiger charge is -2.31. The van der Waals surface area contributed by atoms with Gasteiger partial charge in [0.1, 0.15) is 10.8 Å². The van der Waals surface area contributed by atoms with Crippen LogP contribution in [0, 0.1) is 5.92 Å². The number of furan rings is 1. The highest BCUT2D eigenvalue weighted by Gasteiger charge is 2.26. The third-order valence-electron chi connectivity index (χ3n) is 4.10. The van der Waals surface area contributed by atoms with E-state index in [1.54, 1.807) is 23.8 Å². The van der Waals surface area contributed by atoms with Gasteiger partial charge in [-0.1, -0.05) is 0 Å². The van der Waals surface area contributed by atoms with E-state index in [1.807, 2.05) is 24.4 Å². The van der Waals surface area contributed by atoms with Gasteiger partial charge in [0, 0.05) is 17.5 Å². The molecule has 0 spiro atoms. The molecule has 1 saturated heterocycles. The summed E-state index contributed by atoms with van der Waals surface area (Å²) in [6.45, 7) is 4.69. The summed E-state index contributed by atoms with van der Waals surface area (Å²) in [5, 5.41) is 5.98. The fraction of sp³-hybridized carbons (Fsp3) is 0.500. The van der Waals surface area contributed by atoms with Crippen molar-refractivity contribution in [3.8, 4) is 0 Å². The molecule has 1 aliphatic rings. The third kappa shape index (κ3) is 3.75. The lowest BCUT2D eigenvalue weighted by molar-refractivity contribution is -0.127. The Hall–Kier alpha value is -1.66. The molecule has 2 aromatic rings. The topological polar surface area (TPSA) is 58.4 Å². The van der Waals surface area contributed by atoms with E-state index in [0.717, 1.165) is 43.2 Å². The summed E-state index contributed by atoms with van der Waals surface area (Å²) in [6, 6.07) is 3.90. The molecule has 0 saturated carbocycles. The Kier molecular flexibility index (Phi) is 4.90. The zero-order valence-electron chi connectivity index (χ0n) is 12.7. The van der Waals surface area contributed by atoms with Gasteiger partial charge in [-0.2, -0.15) is 0 Å². The van der Waals surface area contributed by atoms with Crippen LogP contribution >= 0.6 is 11.3 Å². The number of hydrogen-bond donors (Lipinski definition) is 1. The molecule has 1 fully saturated rings. The Morgan fingerprint density at radius 2 is 2.36 bits per heavy atom. The smallest absolute Gasteiger partial charge is 0.223 e. The van der Waals surface area contributed by atoms with E-state index >= 15 is 0 Å². The maximum atomic E-state index is 12.4. The third-order valence-corrected chi connectivity index (χ3v) is 5.06. The minimum absolute atomic E-state index is 0.00588. The molecule has 0 unspecified atom stereocenters. The zero-order chi connectivity index (χ0) is 15.4. The molecule has 1 aliphatic heterocycles. The van der Waals surface area contributed by atoms with E-state index in [2.05, 4.69) is 15.2 Å². The Morgan fingerprint density at radius 1 is 1.55 bits per heavy atom. The Morgan fingerprint density at radius 3 is 3.00 bits per heavy atom. The highest BCUT2D eigenvalue weighted by atomic mass is 32.1. The minimum atomic E-state index is -0.00588. The molecule has 6 heteroatoms. The lowest BCUT2D eigenvalue weighted by atomic mass is 9.95. The molecule has 0 aromatic carbocycles. The molecular weight excluding hydrogens is 298 g/mol. The van der Waals surface area contributed by atoms with Crippen molar-refractivity contribution in [2.75, 3.05) is 13.1 Å². The molecule has 3 heterocycles. The van der Waals surface area contributed by atoms with Crippen LogP contribution in [0.3, 0.4) is 0 Å². The first kappa shape index (κ1) is 15.2. The number of piperidine rings is 1. The second-order valence-corrected chi connectivity index (χ2v) is 6.66. The quantitative estimate of drug-likeness (QED) is 0.920. The lowest BCUT2D eigenvalue weighted by Crippen LogP contribution is -2.40. The van der Waals surface area contributed by atoms with E-state index in [1.165, 1.54) is 0 Å². The van der Waals surface area contributed by atoms with E-state index < -0.39 is 0 Å². The minimum Gasteiger partial charge on any atom is -0.468 e. The van der Waals surface area contributed by atoms with Crippen LogP contribution in [0.4, 0.5) is 0 Å². The number of rotatable bonds is 5. The van der Waals surface area contributed by atoms with E-state index in [9.17, 15) is 4.79 Å². The van der Waals surface area contributed by atoms with Gasteiger partial charge in [0.2, 0.25) is 5.91 Å². The number of thiazole rings is 1. The van der Waals surface area contributed by atoms with Gasteiger partial charge in [-0.05, 0) is 45.0 Å². The number of likely N-dealkylation sites (tertiary alicyclic amines) is 1. The average Bonchev–Trinajstić information content (AvgIpc) is 3.21. The van der Waals surface area contributed by atoms with Crippen LogP contribution in [0.1, 0.15) is 36.6 Å². The molecule has 1 amide bonds. The Labute approximate surface area is 134 Å². The monoisotopic (exact) mass is 319 g/mol. The van der Waals surface area contributed by atoms with Gasteiger partial charge in [0.25, 0.3) is 0 Å². The van der Waals surface area contributed by atoms with Crippen molar-refractivity contribution < 1.29 is 9.21 Å². The summed E-state index contributed by atoms with van der Waals surface area (Å²) in [6.07, 6.45) is 5.28. The fourth-order valence-electron chi connectivity index (χ4n) is 2.82. The predicted octanol–water partition coefficient (Wildman–Crippen LogP) is 2.83. The van der Waals surface area contributed by atoms with Crippen LogP contribution in [0.2, 0.25) is 0 Å². The molecule has 2 aromatic heterocycles.